The molecule has 14 rings (SSSR count). The van der Waals surface area contributed by atoms with Crippen LogP contribution < -0.4 is 0 Å². The molecule has 0 aliphatic carbocycles. The second-order valence-corrected chi connectivity index (χ2v) is 17.1. The van der Waals surface area contributed by atoms with Crippen molar-refractivity contribution in [1.82, 2.24) is 24.1 Å². The van der Waals surface area contributed by atoms with Crippen LogP contribution in [0.2, 0.25) is 0 Å². The van der Waals surface area contributed by atoms with Crippen molar-refractivity contribution in [1.29, 1.82) is 0 Å². The summed E-state index contributed by atoms with van der Waals surface area (Å²) in [6.45, 7) is 0. The summed E-state index contributed by atoms with van der Waals surface area (Å²) in [6.07, 6.45) is 0. The average Bonchev–Trinajstić information content (AvgIpc) is 3.90. The maximum atomic E-state index is 5.30. The van der Waals surface area contributed by atoms with Crippen LogP contribution >= 0.6 is 0 Å². The molecule has 66 heavy (non-hydrogen) atoms. The summed E-state index contributed by atoms with van der Waals surface area (Å²) < 4.78 is 4.96. The quantitative estimate of drug-likeness (QED) is 0.162. The first-order valence-electron chi connectivity index (χ1n) is 22.4. The maximum absolute atomic E-state index is 5.30. The van der Waals surface area contributed by atoms with E-state index in [-0.39, 0.29) is 0 Å². The Kier molecular flexibility index (Phi) is 7.91. The highest BCUT2D eigenvalue weighted by atomic mass is 15.0. The van der Waals surface area contributed by atoms with Crippen molar-refractivity contribution in [3.63, 3.8) is 0 Å². The molecule has 0 saturated heterocycles. The molecular formula is C61H37N5. The zero-order chi connectivity index (χ0) is 43.3. The van der Waals surface area contributed by atoms with Gasteiger partial charge in [0.05, 0.1) is 33.4 Å². The van der Waals surface area contributed by atoms with Crippen LogP contribution in [-0.4, -0.2) is 24.1 Å². The van der Waals surface area contributed by atoms with E-state index in [1.165, 1.54) is 65.2 Å². The minimum atomic E-state index is 0.627. The largest absolute Gasteiger partial charge is 0.309 e. The summed E-state index contributed by atoms with van der Waals surface area (Å²) in [5, 5.41) is 14.2. The molecule has 0 spiro atoms. The third-order valence-electron chi connectivity index (χ3n) is 13.5. The Balaban J connectivity index is 1.02. The number of para-hydroxylation sites is 3. The predicted molar refractivity (Wildman–Crippen MR) is 275 cm³/mol. The molecule has 0 aliphatic heterocycles. The SMILES string of the molecule is c1ccc(-c2nc(-c3ccc4c(ccc5ccccc54)c3)nc(-c3cccc4c(-n5c6ccccc6c6c(-n7c8ccccc8c8ccccc87)c7ccccc7cc65)cccc34)n2)cc1. The van der Waals surface area contributed by atoms with Crippen molar-refractivity contribution >= 4 is 86.7 Å². The third-order valence-corrected chi connectivity index (χ3v) is 13.5. The zero-order valence-electron chi connectivity index (χ0n) is 35.6. The summed E-state index contributed by atoms with van der Waals surface area (Å²) in [4.78, 5) is 15.7. The second kappa shape index (κ2) is 14.3. The van der Waals surface area contributed by atoms with Crippen LogP contribution in [0.4, 0.5) is 0 Å². The van der Waals surface area contributed by atoms with Gasteiger partial charge in [-0.2, -0.15) is 0 Å². The molecule has 5 nitrogen and oxygen atoms in total. The van der Waals surface area contributed by atoms with Gasteiger partial charge >= 0.3 is 0 Å². The summed E-state index contributed by atoms with van der Waals surface area (Å²) in [5.74, 6) is 1.89. The molecular weight excluding hydrogens is 803 g/mol. The Labute approximate surface area is 379 Å². The molecule has 14 aromatic rings. The molecule has 0 aliphatic rings. The van der Waals surface area contributed by atoms with Crippen LogP contribution in [-0.2, 0) is 0 Å². The topological polar surface area (TPSA) is 48.5 Å². The second-order valence-electron chi connectivity index (χ2n) is 17.1. The lowest BCUT2D eigenvalue weighted by molar-refractivity contribution is 1.08. The monoisotopic (exact) mass is 839 g/mol. The van der Waals surface area contributed by atoms with Gasteiger partial charge in [-0.05, 0) is 68.7 Å². The first kappa shape index (κ1) is 36.5. The number of fused-ring (bicyclic) bond motifs is 11. The highest BCUT2D eigenvalue weighted by Gasteiger charge is 2.24. The van der Waals surface area contributed by atoms with Crippen molar-refractivity contribution in [2.45, 2.75) is 0 Å². The Morgan fingerprint density at radius 1 is 0.273 bits per heavy atom. The number of aromatic nitrogens is 5. The lowest BCUT2D eigenvalue weighted by Crippen LogP contribution is -2.01. The van der Waals surface area contributed by atoms with Crippen molar-refractivity contribution in [3.05, 3.63) is 224 Å². The maximum Gasteiger partial charge on any atom is 0.164 e. The molecule has 0 N–H and O–H groups in total. The fraction of sp³-hybridized carbons (Fsp3) is 0. The van der Waals surface area contributed by atoms with Gasteiger partial charge in [0.1, 0.15) is 0 Å². The molecule has 11 aromatic carbocycles. The van der Waals surface area contributed by atoms with Gasteiger partial charge in [0.2, 0.25) is 0 Å². The molecule has 0 amide bonds. The molecule has 0 unspecified atom stereocenters. The lowest BCUT2D eigenvalue weighted by Gasteiger charge is -2.16. The first-order valence-corrected chi connectivity index (χ1v) is 22.4. The van der Waals surface area contributed by atoms with Gasteiger partial charge < -0.3 is 9.13 Å². The number of nitrogens with zero attached hydrogens (tertiary/aromatic N) is 5. The average molecular weight is 840 g/mol. The van der Waals surface area contributed by atoms with E-state index in [1.54, 1.807) is 0 Å². The van der Waals surface area contributed by atoms with Gasteiger partial charge in [0.25, 0.3) is 0 Å². The van der Waals surface area contributed by atoms with Crippen LogP contribution in [0.3, 0.4) is 0 Å². The number of hydrogen-bond acceptors (Lipinski definition) is 3. The van der Waals surface area contributed by atoms with E-state index in [0.29, 0.717) is 17.5 Å². The van der Waals surface area contributed by atoms with Crippen molar-refractivity contribution in [2.24, 2.45) is 0 Å². The van der Waals surface area contributed by atoms with Gasteiger partial charge in [-0.25, -0.2) is 15.0 Å². The molecule has 0 atom stereocenters. The van der Waals surface area contributed by atoms with Gasteiger partial charge in [-0.1, -0.05) is 188 Å². The molecule has 3 heterocycles. The molecule has 0 radical (unpaired) electrons. The van der Waals surface area contributed by atoms with E-state index in [4.69, 9.17) is 15.0 Å². The highest BCUT2D eigenvalue weighted by molar-refractivity contribution is 6.22. The van der Waals surface area contributed by atoms with Crippen LogP contribution in [0.1, 0.15) is 0 Å². The third kappa shape index (κ3) is 5.44. The molecule has 0 fully saturated rings. The van der Waals surface area contributed by atoms with Gasteiger partial charge in [-0.15, -0.1) is 0 Å². The highest BCUT2D eigenvalue weighted by Crippen LogP contribution is 2.45. The molecule has 3 aromatic heterocycles. The normalized spacial score (nSPS) is 11.9. The van der Waals surface area contributed by atoms with Crippen LogP contribution in [0.25, 0.3) is 132 Å². The minimum Gasteiger partial charge on any atom is -0.309 e. The number of hydrogen-bond donors (Lipinski definition) is 0. The van der Waals surface area contributed by atoms with Gasteiger partial charge in [-0.3, -0.25) is 0 Å². The van der Waals surface area contributed by atoms with Crippen molar-refractivity contribution < 1.29 is 0 Å². The minimum absolute atomic E-state index is 0.627. The number of benzene rings is 11. The van der Waals surface area contributed by atoms with E-state index in [9.17, 15) is 0 Å². The summed E-state index contributed by atoms with van der Waals surface area (Å²) in [7, 11) is 0. The summed E-state index contributed by atoms with van der Waals surface area (Å²) in [5.41, 5.74) is 9.75. The van der Waals surface area contributed by atoms with Crippen LogP contribution in [0.5, 0.6) is 0 Å². The summed E-state index contributed by atoms with van der Waals surface area (Å²) >= 11 is 0. The Morgan fingerprint density at radius 3 is 1.58 bits per heavy atom. The molecule has 5 heteroatoms. The lowest BCUT2D eigenvalue weighted by atomic mass is 10.00. The summed E-state index contributed by atoms with van der Waals surface area (Å²) in [6, 6.07) is 80.5. The molecule has 306 valence electrons. The standard InChI is InChI=1S/C61H37N5/c1-2-17-39(18-3-1)59-62-60(42-34-35-44-41(36-42)33-32-38-16-4-6-20-43(38)44)64-61(63-59)50-27-14-26-47-46(50)25-15-31-52(47)65-55-30-13-10-24-51(55)57-56(65)37-40-19-5-7-21-45(40)58(57)66-53-28-11-8-22-48(53)49-23-9-12-29-54(49)66/h1-37H. The Morgan fingerprint density at radius 2 is 0.803 bits per heavy atom. The first-order chi connectivity index (χ1) is 32.7. The smallest absolute Gasteiger partial charge is 0.164 e. The molecule has 0 bridgehead atoms. The molecule has 0 saturated carbocycles. The van der Waals surface area contributed by atoms with Crippen LogP contribution in [0.15, 0.2) is 224 Å². The van der Waals surface area contributed by atoms with E-state index >= 15 is 0 Å². The Bertz CT molecular complexity index is 4240. The van der Waals surface area contributed by atoms with Crippen LogP contribution in [0, 0.1) is 0 Å². The number of rotatable bonds is 5. The van der Waals surface area contributed by atoms with Crippen molar-refractivity contribution in [2.75, 3.05) is 0 Å². The Hall–Kier alpha value is -8.93. The fourth-order valence-electron chi connectivity index (χ4n) is 10.6. The van der Waals surface area contributed by atoms with E-state index in [1.807, 2.05) is 18.2 Å². The van der Waals surface area contributed by atoms with Gasteiger partial charge in [0, 0.05) is 49.0 Å². The van der Waals surface area contributed by atoms with Crippen molar-refractivity contribution in [3.8, 4) is 45.5 Å². The predicted octanol–water partition coefficient (Wildman–Crippen LogP) is 15.7. The van der Waals surface area contributed by atoms with E-state index in [0.717, 1.165) is 49.6 Å². The zero-order valence-corrected chi connectivity index (χ0v) is 35.6. The van der Waals surface area contributed by atoms with Gasteiger partial charge in [0.15, 0.2) is 17.5 Å². The fourth-order valence-corrected chi connectivity index (χ4v) is 10.6. The van der Waals surface area contributed by atoms with E-state index < -0.39 is 0 Å². The van der Waals surface area contributed by atoms with E-state index in [2.05, 4.69) is 215 Å².